The first-order valence-corrected chi connectivity index (χ1v) is 8.19. The smallest absolute Gasteiger partial charge is 0.0589 e. The molecule has 0 aliphatic heterocycles. The molecule has 1 fully saturated rings. The predicted octanol–water partition coefficient (Wildman–Crippen LogP) is 3.06. The van der Waals surface area contributed by atoms with Gasteiger partial charge in [-0.25, -0.2) is 0 Å². The molecule has 1 N–H and O–H groups in total. The maximum absolute atomic E-state index is 5.28. The van der Waals surface area contributed by atoms with Gasteiger partial charge in [0.1, 0.15) is 0 Å². The van der Waals surface area contributed by atoms with E-state index in [2.05, 4.69) is 49.2 Å². The minimum Gasteiger partial charge on any atom is -0.383 e. The van der Waals surface area contributed by atoms with Gasteiger partial charge in [0.2, 0.25) is 0 Å². The number of ether oxygens (including phenoxy) is 1. The Morgan fingerprint density at radius 3 is 2.71 bits per heavy atom. The van der Waals surface area contributed by atoms with Crippen molar-refractivity contribution in [3.05, 3.63) is 34.9 Å². The lowest BCUT2D eigenvalue weighted by Crippen LogP contribution is -2.38. The second-order valence-corrected chi connectivity index (χ2v) is 6.19. The van der Waals surface area contributed by atoms with Crippen LogP contribution in [-0.4, -0.2) is 44.3 Å². The summed E-state index contributed by atoms with van der Waals surface area (Å²) in [4.78, 5) is 2.60. The highest BCUT2D eigenvalue weighted by Gasteiger charge is 2.30. The number of aryl methyl sites for hydroxylation is 2. The predicted molar refractivity (Wildman–Crippen MR) is 88.8 cm³/mol. The zero-order valence-corrected chi connectivity index (χ0v) is 14.0. The van der Waals surface area contributed by atoms with E-state index >= 15 is 0 Å². The van der Waals surface area contributed by atoms with E-state index in [-0.39, 0.29) is 0 Å². The molecule has 3 heteroatoms. The van der Waals surface area contributed by atoms with Crippen molar-refractivity contribution >= 4 is 0 Å². The van der Waals surface area contributed by atoms with Crippen LogP contribution in [0, 0.1) is 13.8 Å². The second kappa shape index (κ2) is 7.92. The number of hydrogen-bond acceptors (Lipinski definition) is 3. The average Bonchev–Trinajstić information content (AvgIpc) is 3.29. The summed E-state index contributed by atoms with van der Waals surface area (Å²) in [5.41, 5.74) is 4.17. The fraction of sp³-hybridized carbons (Fsp3) is 0.667. The van der Waals surface area contributed by atoms with Crippen LogP contribution in [0.2, 0.25) is 0 Å². The Balaban J connectivity index is 2.11. The van der Waals surface area contributed by atoms with E-state index in [4.69, 9.17) is 4.74 Å². The van der Waals surface area contributed by atoms with Crippen LogP contribution >= 0.6 is 0 Å². The Bertz CT molecular complexity index is 443. The van der Waals surface area contributed by atoms with E-state index < -0.39 is 0 Å². The molecule has 1 unspecified atom stereocenters. The highest BCUT2D eigenvalue weighted by atomic mass is 16.5. The number of methoxy groups -OCH3 is 1. The summed E-state index contributed by atoms with van der Waals surface area (Å²) >= 11 is 0. The van der Waals surface area contributed by atoms with Crippen LogP contribution in [0.1, 0.15) is 42.5 Å². The van der Waals surface area contributed by atoms with Crippen molar-refractivity contribution in [2.24, 2.45) is 0 Å². The molecule has 1 aromatic rings. The first-order valence-electron chi connectivity index (χ1n) is 8.19. The molecule has 2 rings (SSSR count). The Morgan fingerprint density at radius 2 is 2.10 bits per heavy atom. The minimum atomic E-state index is 0.410. The van der Waals surface area contributed by atoms with E-state index in [9.17, 15) is 0 Å². The van der Waals surface area contributed by atoms with Gasteiger partial charge in [-0.2, -0.15) is 0 Å². The third kappa shape index (κ3) is 4.80. The first-order chi connectivity index (χ1) is 10.2. The van der Waals surface area contributed by atoms with Crippen LogP contribution in [0.25, 0.3) is 0 Å². The van der Waals surface area contributed by atoms with Gasteiger partial charge < -0.3 is 10.1 Å². The molecular weight excluding hydrogens is 260 g/mol. The third-order valence-corrected chi connectivity index (χ3v) is 4.32. The van der Waals surface area contributed by atoms with E-state index in [1.54, 1.807) is 7.11 Å². The molecule has 1 aromatic carbocycles. The van der Waals surface area contributed by atoms with Crippen LogP contribution in [0.4, 0.5) is 0 Å². The summed E-state index contributed by atoms with van der Waals surface area (Å²) in [6.07, 6.45) is 2.69. The Morgan fingerprint density at radius 1 is 1.33 bits per heavy atom. The van der Waals surface area contributed by atoms with Gasteiger partial charge in [0, 0.05) is 32.3 Å². The van der Waals surface area contributed by atoms with Gasteiger partial charge >= 0.3 is 0 Å². The fourth-order valence-electron chi connectivity index (χ4n) is 2.96. The monoisotopic (exact) mass is 290 g/mol. The lowest BCUT2D eigenvalue weighted by molar-refractivity contribution is 0.136. The molecule has 1 saturated carbocycles. The standard InChI is InChI=1S/C18H30N2O/c1-5-19-18(17-12-14(2)6-7-15(17)3)13-20(10-11-21-4)16-8-9-16/h6-7,12,16,18-19H,5,8-11,13H2,1-4H3. The third-order valence-electron chi connectivity index (χ3n) is 4.32. The van der Waals surface area contributed by atoms with E-state index in [1.165, 1.54) is 29.5 Å². The summed E-state index contributed by atoms with van der Waals surface area (Å²) in [5, 5.41) is 3.67. The molecule has 1 atom stereocenters. The lowest BCUT2D eigenvalue weighted by Gasteiger charge is -2.29. The average molecular weight is 290 g/mol. The van der Waals surface area contributed by atoms with Crippen LogP contribution < -0.4 is 5.32 Å². The SMILES string of the molecule is CCNC(CN(CCOC)C1CC1)c1cc(C)ccc1C. The van der Waals surface area contributed by atoms with Crippen molar-refractivity contribution in [1.29, 1.82) is 0 Å². The van der Waals surface area contributed by atoms with Gasteiger partial charge in [0.25, 0.3) is 0 Å². The quantitative estimate of drug-likeness (QED) is 0.756. The number of likely N-dealkylation sites (N-methyl/N-ethyl adjacent to an activating group) is 1. The number of nitrogens with one attached hydrogen (secondary N) is 1. The molecule has 0 spiro atoms. The Hall–Kier alpha value is -0.900. The van der Waals surface area contributed by atoms with Crippen LogP contribution in [0.3, 0.4) is 0 Å². The van der Waals surface area contributed by atoms with Crippen LogP contribution in [0.5, 0.6) is 0 Å². The molecule has 0 radical (unpaired) electrons. The van der Waals surface area contributed by atoms with E-state index in [0.29, 0.717) is 6.04 Å². The molecule has 3 nitrogen and oxygen atoms in total. The summed E-state index contributed by atoms with van der Waals surface area (Å²) < 4.78 is 5.28. The normalized spacial score (nSPS) is 16.4. The van der Waals surface area contributed by atoms with Crippen LogP contribution in [-0.2, 0) is 4.74 Å². The van der Waals surface area contributed by atoms with Gasteiger partial charge in [0.15, 0.2) is 0 Å². The summed E-state index contributed by atoms with van der Waals surface area (Å²) in [6.45, 7) is 10.5. The van der Waals surface area contributed by atoms with Gasteiger partial charge in [-0.15, -0.1) is 0 Å². The topological polar surface area (TPSA) is 24.5 Å². The van der Waals surface area contributed by atoms with Crippen molar-refractivity contribution in [2.75, 3.05) is 33.4 Å². The first kappa shape index (κ1) is 16.5. The molecule has 0 heterocycles. The van der Waals surface area contributed by atoms with Crippen molar-refractivity contribution in [3.8, 4) is 0 Å². The molecule has 118 valence electrons. The molecule has 0 aromatic heterocycles. The molecule has 21 heavy (non-hydrogen) atoms. The highest BCUT2D eigenvalue weighted by molar-refractivity contribution is 5.33. The van der Waals surface area contributed by atoms with Gasteiger partial charge in [-0.1, -0.05) is 30.7 Å². The Labute approximate surface area is 129 Å². The van der Waals surface area contributed by atoms with Crippen molar-refractivity contribution in [2.45, 2.75) is 45.7 Å². The number of nitrogens with zero attached hydrogens (tertiary/aromatic N) is 1. The summed E-state index contributed by atoms with van der Waals surface area (Å²) in [5.74, 6) is 0. The molecule has 0 bridgehead atoms. The zero-order chi connectivity index (χ0) is 15.2. The molecule has 0 saturated heterocycles. The molecular formula is C18H30N2O. The molecule has 0 amide bonds. The summed E-state index contributed by atoms with van der Waals surface area (Å²) in [6, 6.07) is 7.96. The maximum Gasteiger partial charge on any atom is 0.0589 e. The zero-order valence-electron chi connectivity index (χ0n) is 14.0. The highest BCUT2D eigenvalue weighted by Crippen LogP contribution is 2.29. The number of benzene rings is 1. The van der Waals surface area contributed by atoms with Gasteiger partial charge in [0.05, 0.1) is 6.61 Å². The molecule has 1 aliphatic rings. The minimum absolute atomic E-state index is 0.410. The maximum atomic E-state index is 5.28. The number of hydrogen-bond donors (Lipinski definition) is 1. The molecule has 1 aliphatic carbocycles. The fourth-order valence-corrected chi connectivity index (χ4v) is 2.96. The van der Waals surface area contributed by atoms with Crippen molar-refractivity contribution < 1.29 is 4.74 Å². The van der Waals surface area contributed by atoms with Crippen molar-refractivity contribution in [1.82, 2.24) is 10.2 Å². The lowest BCUT2D eigenvalue weighted by atomic mass is 9.98. The summed E-state index contributed by atoms with van der Waals surface area (Å²) in [7, 11) is 1.79. The van der Waals surface area contributed by atoms with E-state index in [1.807, 2.05) is 0 Å². The largest absolute Gasteiger partial charge is 0.383 e. The van der Waals surface area contributed by atoms with Gasteiger partial charge in [-0.05, 0) is 44.4 Å². The van der Waals surface area contributed by atoms with Gasteiger partial charge in [-0.3, -0.25) is 4.90 Å². The number of rotatable bonds is 9. The van der Waals surface area contributed by atoms with Crippen LogP contribution in [0.15, 0.2) is 18.2 Å². The van der Waals surface area contributed by atoms with Crippen molar-refractivity contribution in [3.63, 3.8) is 0 Å². The Kier molecular flexibility index (Phi) is 6.22. The van der Waals surface area contributed by atoms with E-state index in [0.717, 1.165) is 32.3 Å². The second-order valence-electron chi connectivity index (χ2n) is 6.19.